The first-order valence-electron chi connectivity index (χ1n) is 10.3. The second-order valence-electron chi connectivity index (χ2n) is 7.94. The van der Waals surface area contributed by atoms with Gasteiger partial charge in [0.15, 0.2) is 0 Å². The molecule has 0 spiro atoms. The van der Waals surface area contributed by atoms with E-state index in [9.17, 15) is 18.0 Å². The van der Waals surface area contributed by atoms with Gasteiger partial charge >= 0.3 is 0 Å². The van der Waals surface area contributed by atoms with Gasteiger partial charge < -0.3 is 5.32 Å². The largest absolute Gasteiger partial charge is 0.373 e. The lowest BCUT2D eigenvalue weighted by Crippen LogP contribution is -2.50. The van der Waals surface area contributed by atoms with Gasteiger partial charge in [0.1, 0.15) is 11.9 Å². The average molecular weight is 423 g/mol. The van der Waals surface area contributed by atoms with E-state index in [1.54, 1.807) is 0 Å². The van der Waals surface area contributed by atoms with Crippen LogP contribution in [0.4, 0.5) is 5.82 Å². The third kappa shape index (κ3) is 5.33. The first-order chi connectivity index (χ1) is 13.8. The summed E-state index contributed by atoms with van der Waals surface area (Å²) in [5.74, 6) is 0.595. The number of imide groups is 1. The number of nitrogens with zero attached hydrogens (tertiary/aromatic N) is 2. The second kappa shape index (κ2) is 9.21. The Balaban J connectivity index is 1.48. The molecule has 2 amide bonds. The van der Waals surface area contributed by atoms with Crippen LogP contribution in [-0.4, -0.2) is 55.0 Å². The van der Waals surface area contributed by atoms with Crippen LogP contribution in [0.25, 0.3) is 0 Å². The van der Waals surface area contributed by atoms with Crippen molar-refractivity contribution in [1.29, 1.82) is 0 Å². The zero-order chi connectivity index (χ0) is 21.0. The summed E-state index contributed by atoms with van der Waals surface area (Å²) in [4.78, 5) is 30.8. The molecule has 1 aliphatic carbocycles. The summed E-state index contributed by atoms with van der Waals surface area (Å²) in [7, 11) is -1.70. The van der Waals surface area contributed by atoms with Gasteiger partial charge in [0.05, 0.1) is 12.2 Å². The molecule has 0 unspecified atom stereocenters. The first kappa shape index (κ1) is 21.7. The molecule has 8 nitrogen and oxygen atoms in total. The fraction of sp³-hybridized carbons (Fsp3) is 0.650. The number of aromatic nitrogens is 1. The molecule has 160 valence electrons. The van der Waals surface area contributed by atoms with E-state index in [0.717, 1.165) is 43.6 Å². The summed E-state index contributed by atoms with van der Waals surface area (Å²) in [6.45, 7) is 1.90. The minimum Gasteiger partial charge on any atom is -0.373 e. The maximum Gasteiger partial charge on any atom is 0.248 e. The fourth-order valence-electron chi connectivity index (χ4n) is 3.99. The zero-order valence-corrected chi connectivity index (χ0v) is 17.9. The molecular formula is C20H30N4O4S. The monoisotopic (exact) mass is 422 g/mol. The molecule has 1 aromatic heterocycles. The van der Waals surface area contributed by atoms with Gasteiger partial charge in [0.25, 0.3) is 0 Å². The van der Waals surface area contributed by atoms with E-state index < -0.39 is 22.0 Å². The highest BCUT2D eigenvalue weighted by molar-refractivity contribution is 7.89. The molecule has 2 aliphatic rings. The molecule has 2 N–H and O–H groups in total. The molecule has 2 heterocycles. The van der Waals surface area contributed by atoms with E-state index in [2.05, 4.69) is 15.0 Å². The molecule has 1 aromatic rings. The normalized spacial score (nSPS) is 24.6. The number of carbonyl (C=O) groups excluding carboxylic acids is 2. The summed E-state index contributed by atoms with van der Waals surface area (Å²) in [5.41, 5.74) is 1.02. The van der Waals surface area contributed by atoms with Crippen LogP contribution in [0, 0.1) is 5.92 Å². The van der Waals surface area contributed by atoms with Crippen LogP contribution in [0.3, 0.4) is 0 Å². The van der Waals surface area contributed by atoms with Crippen LogP contribution >= 0.6 is 0 Å². The Bertz CT molecular complexity index is 852. The number of hydrogen-bond acceptors (Lipinski definition) is 6. The minimum absolute atomic E-state index is 0.0181. The van der Waals surface area contributed by atoms with Crippen LogP contribution in [0.15, 0.2) is 18.2 Å². The highest BCUT2D eigenvalue weighted by Crippen LogP contribution is 2.37. The van der Waals surface area contributed by atoms with Gasteiger partial charge in [-0.15, -0.1) is 0 Å². The summed E-state index contributed by atoms with van der Waals surface area (Å²) < 4.78 is 26.6. The molecule has 1 atom stereocenters. The SMILES string of the molecule is CCCCS(=O)(=O)N[C@H]1CC(=O)N(C2CC(CCc3cccc(NC)n3)C2)C1=O. The van der Waals surface area contributed by atoms with Gasteiger partial charge in [-0.25, -0.2) is 18.1 Å². The Morgan fingerprint density at radius 1 is 1.24 bits per heavy atom. The Hall–Kier alpha value is -2.00. The topological polar surface area (TPSA) is 108 Å². The quantitative estimate of drug-likeness (QED) is 0.556. The molecule has 29 heavy (non-hydrogen) atoms. The smallest absolute Gasteiger partial charge is 0.248 e. The lowest BCUT2D eigenvalue weighted by Gasteiger charge is -2.40. The van der Waals surface area contributed by atoms with Crippen LogP contribution < -0.4 is 10.0 Å². The molecule has 9 heteroatoms. The summed E-state index contributed by atoms with van der Waals surface area (Å²) in [6, 6.07) is 4.83. The van der Waals surface area contributed by atoms with Gasteiger partial charge in [-0.2, -0.15) is 0 Å². The van der Waals surface area contributed by atoms with Gasteiger partial charge in [-0.1, -0.05) is 19.4 Å². The molecular weight excluding hydrogens is 392 g/mol. The summed E-state index contributed by atoms with van der Waals surface area (Å²) in [5, 5.41) is 3.03. The van der Waals surface area contributed by atoms with Crippen LogP contribution in [-0.2, 0) is 26.0 Å². The number of hydrogen-bond donors (Lipinski definition) is 2. The molecule has 1 saturated carbocycles. The molecule has 2 fully saturated rings. The van der Waals surface area contributed by atoms with Crippen molar-refractivity contribution in [1.82, 2.24) is 14.6 Å². The fourth-order valence-corrected chi connectivity index (χ4v) is 5.40. The molecule has 0 aromatic carbocycles. The summed E-state index contributed by atoms with van der Waals surface area (Å²) >= 11 is 0. The van der Waals surface area contributed by atoms with Crippen LogP contribution in [0.2, 0.25) is 0 Å². The average Bonchev–Trinajstić information content (AvgIpc) is 2.92. The number of unbranched alkanes of at least 4 members (excludes halogenated alkanes) is 1. The van der Waals surface area contributed by atoms with E-state index in [1.165, 1.54) is 4.90 Å². The first-order valence-corrected chi connectivity index (χ1v) is 12.0. The van der Waals surface area contributed by atoms with Crippen LogP contribution in [0.5, 0.6) is 0 Å². The number of pyridine rings is 1. The van der Waals surface area contributed by atoms with Gasteiger partial charge in [-0.3, -0.25) is 14.5 Å². The molecule has 1 aliphatic heterocycles. The lowest BCUT2D eigenvalue weighted by atomic mass is 9.76. The maximum absolute atomic E-state index is 12.6. The number of carbonyl (C=O) groups is 2. The number of likely N-dealkylation sites (tertiary alicyclic amines) is 1. The van der Waals surface area contributed by atoms with Crippen molar-refractivity contribution in [2.24, 2.45) is 5.92 Å². The second-order valence-corrected chi connectivity index (χ2v) is 9.82. The Morgan fingerprint density at radius 2 is 2.00 bits per heavy atom. The van der Waals surface area contributed by atoms with Gasteiger partial charge in [-0.05, 0) is 50.2 Å². The molecule has 0 bridgehead atoms. The molecule has 3 rings (SSSR count). The Kier molecular flexibility index (Phi) is 6.89. The predicted octanol–water partition coefficient (Wildman–Crippen LogP) is 1.68. The van der Waals surface area contributed by atoms with Crippen molar-refractivity contribution in [3.05, 3.63) is 23.9 Å². The molecule has 0 radical (unpaired) electrons. The number of nitrogens with one attached hydrogen (secondary N) is 2. The van der Waals surface area contributed by atoms with Gasteiger partial charge in [0.2, 0.25) is 21.8 Å². The number of sulfonamides is 1. The Labute approximate surface area is 172 Å². The number of rotatable bonds is 10. The highest BCUT2D eigenvalue weighted by Gasteiger charge is 2.47. The maximum atomic E-state index is 12.6. The standard InChI is InChI=1S/C20H30N4O4S/c1-3-4-10-29(27,28)23-17-13-19(25)24(20(17)26)16-11-14(12-16)8-9-15-6-5-7-18(21-2)22-15/h5-7,14,16-17,23H,3-4,8-13H2,1-2H3,(H,21,22)/t14?,16?,17-/m0/s1. The number of aryl methyl sites for hydroxylation is 1. The van der Waals surface area contributed by atoms with Crippen molar-refractivity contribution < 1.29 is 18.0 Å². The molecule has 1 saturated heterocycles. The van der Waals surface area contributed by atoms with E-state index in [1.807, 2.05) is 32.2 Å². The van der Waals surface area contributed by atoms with E-state index in [4.69, 9.17) is 0 Å². The zero-order valence-electron chi connectivity index (χ0n) is 17.1. The number of amides is 2. The van der Waals surface area contributed by atoms with E-state index in [0.29, 0.717) is 12.3 Å². The highest BCUT2D eigenvalue weighted by atomic mass is 32.2. The van der Waals surface area contributed by atoms with Crippen molar-refractivity contribution in [2.45, 2.75) is 64.0 Å². The third-order valence-electron chi connectivity index (χ3n) is 5.72. The van der Waals surface area contributed by atoms with Crippen molar-refractivity contribution >= 4 is 27.7 Å². The minimum atomic E-state index is -3.54. The van der Waals surface area contributed by atoms with Crippen molar-refractivity contribution in [3.8, 4) is 0 Å². The van der Waals surface area contributed by atoms with E-state index >= 15 is 0 Å². The predicted molar refractivity (Wildman–Crippen MR) is 111 cm³/mol. The summed E-state index contributed by atoms with van der Waals surface area (Å²) in [6.07, 6.45) is 4.57. The third-order valence-corrected chi connectivity index (χ3v) is 7.19. The lowest BCUT2D eigenvalue weighted by molar-refractivity contribution is -0.144. The number of anilines is 1. The van der Waals surface area contributed by atoms with Crippen molar-refractivity contribution in [3.63, 3.8) is 0 Å². The van der Waals surface area contributed by atoms with E-state index in [-0.39, 0.29) is 24.1 Å². The van der Waals surface area contributed by atoms with Crippen LogP contribution in [0.1, 0.15) is 51.1 Å². The van der Waals surface area contributed by atoms with Gasteiger partial charge in [0, 0.05) is 18.8 Å². The van der Waals surface area contributed by atoms with Crippen molar-refractivity contribution in [2.75, 3.05) is 18.1 Å². The Morgan fingerprint density at radius 3 is 2.69 bits per heavy atom.